The van der Waals surface area contributed by atoms with Crippen LogP contribution in [-0.4, -0.2) is 28.0 Å². The third kappa shape index (κ3) is 2.05. The first-order chi connectivity index (χ1) is 9.66. The zero-order valence-corrected chi connectivity index (χ0v) is 12.2. The number of thiophene rings is 1. The van der Waals surface area contributed by atoms with Gasteiger partial charge in [-0.3, -0.25) is 4.79 Å². The summed E-state index contributed by atoms with van der Waals surface area (Å²) in [6.07, 6.45) is 6.22. The minimum absolute atomic E-state index is 0.259. The SMILES string of the molecule is CNC1(C(N)=O)CCC(n2ccnc2-c2cccs2)C1. The molecule has 1 amide bonds. The standard InChI is InChI=1S/C14H18N4OS/c1-16-14(13(15)19)5-4-10(9-14)18-7-6-17-12(18)11-3-2-8-20-11/h2-3,6-8,10,16H,4-5,9H2,1H3,(H2,15,19). The molecule has 5 nitrogen and oxygen atoms in total. The van der Waals surface area contributed by atoms with Crippen molar-refractivity contribution in [1.29, 1.82) is 0 Å². The largest absolute Gasteiger partial charge is 0.368 e. The number of carbonyl (C=O) groups excluding carboxylic acids is 1. The molecule has 0 bridgehead atoms. The number of nitrogens with one attached hydrogen (secondary N) is 1. The Hall–Kier alpha value is -1.66. The van der Waals surface area contributed by atoms with Crippen LogP contribution >= 0.6 is 11.3 Å². The number of imidazole rings is 1. The smallest absolute Gasteiger partial charge is 0.237 e. The molecule has 3 N–H and O–H groups in total. The van der Waals surface area contributed by atoms with Crippen LogP contribution in [0.5, 0.6) is 0 Å². The Kier molecular flexibility index (Phi) is 3.35. The molecule has 1 aliphatic rings. The third-order valence-corrected chi connectivity index (χ3v) is 5.11. The van der Waals surface area contributed by atoms with Gasteiger partial charge in [0, 0.05) is 18.4 Å². The molecule has 20 heavy (non-hydrogen) atoms. The number of amides is 1. The molecule has 2 aromatic heterocycles. The molecule has 1 saturated carbocycles. The predicted octanol–water partition coefficient (Wildman–Crippen LogP) is 1.78. The number of rotatable bonds is 4. The van der Waals surface area contributed by atoms with Gasteiger partial charge in [-0.1, -0.05) is 6.07 Å². The van der Waals surface area contributed by atoms with Crippen molar-refractivity contribution in [3.8, 4) is 10.7 Å². The second-order valence-corrected chi connectivity index (χ2v) is 6.18. The van der Waals surface area contributed by atoms with Gasteiger partial charge in [0.15, 0.2) is 0 Å². The van der Waals surface area contributed by atoms with E-state index < -0.39 is 5.54 Å². The average molecular weight is 290 g/mol. The first-order valence-corrected chi connectivity index (χ1v) is 7.60. The van der Waals surface area contributed by atoms with Crippen LogP contribution in [0.25, 0.3) is 10.7 Å². The summed E-state index contributed by atoms with van der Waals surface area (Å²) >= 11 is 1.67. The molecule has 1 fully saturated rings. The topological polar surface area (TPSA) is 72.9 Å². The summed E-state index contributed by atoms with van der Waals surface area (Å²) in [4.78, 5) is 17.3. The van der Waals surface area contributed by atoms with E-state index in [0.717, 1.165) is 23.5 Å². The second kappa shape index (κ2) is 5.03. The summed E-state index contributed by atoms with van der Waals surface area (Å²) in [5.74, 6) is 0.710. The first kappa shape index (κ1) is 13.3. The Bertz CT molecular complexity index is 606. The molecule has 2 atom stereocenters. The molecule has 0 aliphatic heterocycles. The van der Waals surface area contributed by atoms with Gasteiger partial charge in [0.05, 0.1) is 10.4 Å². The van der Waals surface area contributed by atoms with Crippen molar-refractivity contribution < 1.29 is 4.79 Å². The summed E-state index contributed by atoms with van der Waals surface area (Å²) in [7, 11) is 1.81. The van der Waals surface area contributed by atoms with Crippen molar-refractivity contribution in [2.75, 3.05) is 7.05 Å². The molecule has 1 aliphatic carbocycles. The predicted molar refractivity (Wildman–Crippen MR) is 79.4 cm³/mol. The molecule has 2 unspecified atom stereocenters. The van der Waals surface area contributed by atoms with Gasteiger partial charge in [0.2, 0.25) is 5.91 Å². The third-order valence-electron chi connectivity index (χ3n) is 4.24. The van der Waals surface area contributed by atoms with Crippen LogP contribution in [0.4, 0.5) is 0 Å². The quantitative estimate of drug-likeness (QED) is 0.901. The average Bonchev–Trinajstić information content (AvgIpc) is 3.17. The fourth-order valence-electron chi connectivity index (χ4n) is 3.04. The fraction of sp³-hybridized carbons (Fsp3) is 0.429. The molecule has 0 radical (unpaired) electrons. The van der Waals surface area contributed by atoms with E-state index in [2.05, 4.69) is 20.9 Å². The molecule has 6 heteroatoms. The minimum atomic E-state index is -0.582. The molecule has 0 spiro atoms. The maximum absolute atomic E-state index is 11.7. The molecule has 2 heterocycles. The molecular formula is C14H18N4OS. The van der Waals surface area contributed by atoms with Gasteiger partial charge in [-0.2, -0.15) is 0 Å². The number of hydrogen-bond donors (Lipinski definition) is 2. The number of carbonyl (C=O) groups is 1. The maximum Gasteiger partial charge on any atom is 0.237 e. The number of likely N-dealkylation sites (N-methyl/N-ethyl adjacent to an activating group) is 1. The molecular weight excluding hydrogens is 272 g/mol. The van der Waals surface area contributed by atoms with Gasteiger partial charge >= 0.3 is 0 Å². The van der Waals surface area contributed by atoms with Crippen LogP contribution in [0.15, 0.2) is 29.9 Å². The summed E-state index contributed by atoms with van der Waals surface area (Å²) in [6, 6.07) is 4.35. The van der Waals surface area contributed by atoms with Crippen molar-refractivity contribution in [3.05, 3.63) is 29.9 Å². The Labute approximate surface area is 121 Å². The van der Waals surface area contributed by atoms with E-state index in [1.165, 1.54) is 0 Å². The van der Waals surface area contributed by atoms with Crippen molar-refractivity contribution in [3.63, 3.8) is 0 Å². The van der Waals surface area contributed by atoms with Gasteiger partial charge in [-0.05, 0) is 37.8 Å². The highest BCUT2D eigenvalue weighted by atomic mass is 32.1. The van der Waals surface area contributed by atoms with Crippen LogP contribution in [0, 0.1) is 0 Å². The van der Waals surface area contributed by atoms with E-state index in [0.29, 0.717) is 6.42 Å². The van der Waals surface area contributed by atoms with E-state index >= 15 is 0 Å². The molecule has 2 aromatic rings. The van der Waals surface area contributed by atoms with E-state index in [9.17, 15) is 4.79 Å². The lowest BCUT2D eigenvalue weighted by Gasteiger charge is -2.25. The molecule has 0 aromatic carbocycles. The van der Waals surface area contributed by atoms with Crippen LogP contribution in [-0.2, 0) is 4.79 Å². The Balaban J connectivity index is 1.89. The maximum atomic E-state index is 11.7. The number of aromatic nitrogens is 2. The van der Waals surface area contributed by atoms with Gasteiger partial charge < -0.3 is 15.6 Å². The number of hydrogen-bond acceptors (Lipinski definition) is 4. The van der Waals surface area contributed by atoms with Crippen molar-refractivity contribution in [1.82, 2.24) is 14.9 Å². The Morgan fingerprint density at radius 3 is 3.10 bits per heavy atom. The Morgan fingerprint density at radius 2 is 2.50 bits per heavy atom. The first-order valence-electron chi connectivity index (χ1n) is 6.72. The van der Waals surface area contributed by atoms with Gasteiger partial charge in [-0.25, -0.2) is 4.98 Å². The molecule has 106 valence electrons. The van der Waals surface area contributed by atoms with E-state index in [4.69, 9.17) is 5.73 Å². The number of nitrogens with zero attached hydrogens (tertiary/aromatic N) is 2. The molecule has 0 saturated heterocycles. The lowest BCUT2D eigenvalue weighted by molar-refractivity contribution is -0.124. The van der Waals surface area contributed by atoms with E-state index in [1.807, 2.05) is 23.8 Å². The monoisotopic (exact) mass is 290 g/mol. The van der Waals surface area contributed by atoms with Crippen LogP contribution < -0.4 is 11.1 Å². The summed E-state index contributed by atoms with van der Waals surface area (Å²) in [5, 5.41) is 5.16. The lowest BCUT2D eigenvalue weighted by atomic mass is 9.97. The lowest BCUT2D eigenvalue weighted by Crippen LogP contribution is -2.52. The van der Waals surface area contributed by atoms with Crippen LogP contribution in [0.3, 0.4) is 0 Å². The fourth-order valence-corrected chi connectivity index (χ4v) is 3.76. The number of nitrogens with two attached hydrogens (primary N) is 1. The number of primary amides is 1. The van der Waals surface area contributed by atoms with Gasteiger partial charge in [0.25, 0.3) is 0 Å². The second-order valence-electron chi connectivity index (χ2n) is 5.23. The highest BCUT2D eigenvalue weighted by Gasteiger charge is 2.43. The molecule has 3 rings (SSSR count). The summed E-state index contributed by atoms with van der Waals surface area (Å²) in [6.45, 7) is 0. The summed E-state index contributed by atoms with van der Waals surface area (Å²) in [5.41, 5.74) is 4.99. The summed E-state index contributed by atoms with van der Waals surface area (Å²) < 4.78 is 2.17. The van der Waals surface area contributed by atoms with Crippen molar-refractivity contribution in [2.24, 2.45) is 5.73 Å². The normalized spacial score (nSPS) is 25.9. The van der Waals surface area contributed by atoms with Crippen LogP contribution in [0.1, 0.15) is 25.3 Å². The highest BCUT2D eigenvalue weighted by molar-refractivity contribution is 7.13. The minimum Gasteiger partial charge on any atom is -0.368 e. The van der Waals surface area contributed by atoms with E-state index in [-0.39, 0.29) is 11.9 Å². The van der Waals surface area contributed by atoms with Crippen molar-refractivity contribution in [2.45, 2.75) is 30.8 Å². The highest BCUT2D eigenvalue weighted by Crippen LogP contribution is 2.39. The zero-order valence-electron chi connectivity index (χ0n) is 11.4. The zero-order chi connectivity index (χ0) is 14.2. The van der Waals surface area contributed by atoms with Crippen molar-refractivity contribution >= 4 is 17.2 Å². The van der Waals surface area contributed by atoms with Gasteiger partial charge in [-0.15, -0.1) is 11.3 Å². The Morgan fingerprint density at radius 1 is 1.65 bits per heavy atom. The van der Waals surface area contributed by atoms with Crippen LogP contribution in [0.2, 0.25) is 0 Å². The van der Waals surface area contributed by atoms with Gasteiger partial charge in [0.1, 0.15) is 5.82 Å². The van der Waals surface area contributed by atoms with E-state index in [1.54, 1.807) is 18.4 Å².